The second-order valence-corrected chi connectivity index (χ2v) is 7.29. The zero-order valence-electron chi connectivity index (χ0n) is 8.43. The molecule has 0 bridgehead atoms. The van der Waals surface area contributed by atoms with Gasteiger partial charge in [-0.2, -0.15) is 0 Å². The highest BCUT2D eigenvalue weighted by Crippen LogP contribution is 2.33. The van der Waals surface area contributed by atoms with E-state index in [1.807, 2.05) is 0 Å². The molecule has 7 heteroatoms. The molecule has 3 nitrogen and oxygen atoms in total. The van der Waals surface area contributed by atoms with Crippen molar-refractivity contribution in [1.29, 1.82) is 0 Å². The second-order valence-electron chi connectivity index (χ2n) is 3.30. The van der Waals surface area contributed by atoms with Crippen LogP contribution in [0.15, 0.2) is 16.6 Å². The predicted molar refractivity (Wildman–Crippen MR) is 72.4 cm³/mol. The fraction of sp³-hybridized carbons (Fsp3) is 0.333. The van der Waals surface area contributed by atoms with Gasteiger partial charge >= 0.3 is 0 Å². The molecule has 0 fully saturated rings. The van der Waals surface area contributed by atoms with Gasteiger partial charge < -0.3 is 5.32 Å². The molecule has 1 N–H and O–H groups in total. The zero-order chi connectivity index (χ0) is 12.3. The van der Waals surface area contributed by atoms with Crippen molar-refractivity contribution in [3.8, 4) is 0 Å². The lowest BCUT2D eigenvalue weighted by Crippen LogP contribution is -2.14. The Bertz CT molecular complexity index is 467. The van der Waals surface area contributed by atoms with Crippen LogP contribution in [0.5, 0.6) is 0 Å². The number of halogens is 3. The van der Waals surface area contributed by atoms with Crippen molar-refractivity contribution < 1.29 is 8.42 Å². The molecule has 1 rings (SSSR count). The summed E-state index contributed by atoms with van der Waals surface area (Å²) in [7, 11) is -2.99. The van der Waals surface area contributed by atoms with E-state index in [2.05, 4.69) is 21.2 Å². The van der Waals surface area contributed by atoms with Gasteiger partial charge in [-0.3, -0.25) is 0 Å². The van der Waals surface area contributed by atoms with E-state index >= 15 is 0 Å². The Kier molecular flexibility index (Phi) is 4.91. The SMILES string of the molecule is CS(=O)(=O)CCNc1c(Cl)cc(Br)cc1Cl. The quantitative estimate of drug-likeness (QED) is 0.910. The minimum atomic E-state index is -2.99. The van der Waals surface area contributed by atoms with Crippen LogP contribution in [0.2, 0.25) is 10.0 Å². The van der Waals surface area contributed by atoms with Crippen LogP contribution in [0.4, 0.5) is 5.69 Å². The molecular weight excluding hydrogens is 337 g/mol. The number of hydrogen-bond acceptors (Lipinski definition) is 3. The van der Waals surface area contributed by atoms with Crippen molar-refractivity contribution in [2.45, 2.75) is 0 Å². The fourth-order valence-electron chi connectivity index (χ4n) is 1.07. The van der Waals surface area contributed by atoms with Crippen molar-refractivity contribution in [2.75, 3.05) is 23.9 Å². The zero-order valence-corrected chi connectivity index (χ0v) is 12.3. The Balaban J connectivity index is 2.75. The molecule has 0 radical (unpaired) electrons. The molecule has 1 aromatic rings. The van der Waals surface area contributed by atoms with E-state index in [0.717, 1.165) is 4.47 Å². The van der Waals surface area contributed by atoms with E-state index in [4.69, 9.17) is 23.2 Å². The van der Waals surface area contributed by atoms with E-state index in [9.17, 15) is 8.42 Å². The molecule has 0 spiro atoms. The minimum absolute atomic E-state index is 0.0374. The number of sulfone groups is 1. The van der Waals surface area contributed by atoms with E-state index < -0.39 is 9.84 Å². The molecule has 0 atom stereocenters. The molecule has 0 aliphatic carbocycles. The standard InChI is InChI=1S/C9H10BrCl2NO2S/c1-16(14,15)3-2-13-9-7(11)4-6(10)5-8(9)12/h4-5,13H,2-3H2,1H3. The molecule has 0 saturated carbocycles. The van der Waals surface area contributed by atoms with Crippen LogP contribution < -0.4 is 5.32 Å². The van der Waals surface area contributed by atoms with Gasteiger partial charge in [-0.25, -0.2) is 8.42 Å². The monoisotopic (exact) mass is 345 g/mol. The van der Waals surface area contributed by atoms with Gasteiger partial charge in [0.1, 0.15) is 9.84 Å². The summed E-state index contributed by atoms with van der Waals surface area (Å²) in [6.07, 6.45) is 1.18. The van der Waals surface area contributed by atoms with Crippen LogP contribution in [0.25, 0.3) is 0 Å². The molecule has 0 heterocycles. The van der Waals surface area contributed by atoms with Crippen LogP contribution in [0.3, 0.4) is 0 Å². The van der Waals surface area contributed by atoms with Gasteiger partial charge in [0.05, 0.1) is 21.5 Å². The highest BCUT2D eigenvalue weighted by atomic mass is 79.9. The van der Waals surface area contributed by atoms with E-state index in [1.165, 1.54) is 6.26 Å². The molecule has 0 aliphatic heterocycles. The average molecular weight is 347 g/mol. The van der Waals surface area contributed by atoms with Crippen molar-refractivity contribution in [3.63, 3.8) is 0 Å². The lowest BCUT2D eigenvalue weighted by atomic mass is 10.3. The van der Waals surface area contributed by atoms with Crippen molar-refractivity contribution in [1.82, 2.24) is 0 Å². The summed E-state index contributed by atoms with van der Waals surface area (Å²) >= 11 is 15.2. The molecule has 1 aromatic carbocycles. The lowest BCUT2D eigenvalue weighted by molar-refractivity contribution is 0.602. The van der Waals surface area contributed by atoms with Gasteiger partial charge in [0.25, 0.3) is 0 Å². The number of nitrogens with one attached hydrogen (secondary N) is 1. The van der Waals surface area contributed by atoms with Gasteiger partial charge in [0.15, 0.2) is 0 Å². The van der Waals surface area contributed by atoms with Gasteiger partial charge in [-0.05, 0) is 12.1 Å². The summed E-state index contributed by atoms with van der Waals surface area (Å²) in [6, 6.07) is 3.38. The van der Waals surface area contributed by atoms with E-state index in [-0.39, 0.29) is 12.3 Å². The predicted octanol–water partition coefficient (Wildman–Crippen LogP) is 3.21. The number of benzene rings is 1. The number of anilines is 1. The van der Waals surface area contributed by atoms with Crippen LogP contribution in [0.1, 0.15) is 0 Å². The van der Waals surface area contributed by atoms with Gasteiger partial charge in [0.2, 0.25) is 0 Å². The summed E-state index contributed by atoms with van der Waals surface area (Å²) in [5, 5.41) is 3.80. The summed E-state index contributed by atoms with van der Waals surface area (Å²) in [5.41, 5.74) is 0.551. The minimum Gasteiger partial charge on any atom is -0.382 e. The molecule has 16 heavy (non-hydrogen) atoms. The third-order valence-corrected chi connectivity index (χ3v) is 3.78. The second kappa shape index (κ2) is 5.58. The Labute approximate surface area is 113 Å². The normalized spacial score (nSPS) is 11.5. The fourth-order valence-corrected chi connectivity index (χ4v) is 2.89. The molecular formula is C9H10BrCl2NO2S. The largest absolute Gasteiger partial charge is 0.382 e. The first-order valence-electron chi connectivity index (χ1n) is 4.36. The van der Waals surface area contributed by atoms with Crippen molar-refractivity contribution in [2.24, 2.45) is 0 Å². The molecule has 90 valence electrons. The first-order valence-corrected chi connectivity index (χ1v) is 7.96. The molecule has 0 aromatic heterocycles. The maximum Gasteiger partial charge on any atom is 0.149 e. The van der Waals surface area contributed by atoms with Crippen LogP contribution in [-0.4, -0.2) is 27.0 Å². The van der Waals surface area contributed by atoms with Gasteiger partial charge in [-0.15, -0.1) is 0 Å². The molecule has 0 aliphatic rings. The highest BCUT2D eigenvalue weighted by Gasteiger charge is 2.08. The van der Waals surface area contributed by atoms with Crippen molar-refractivity contribution >= 4 is 54.7 Å². The molecule has 0 saturated heterocycles. The topological polar surface area (TPSA) is 46.2 Å². The van der Waals surface area contributed by atoms with E-state index in [0.29, 0.717) is 15.7 Å². The third-order valence-electron chi connectivity index (χ3n) is 1.78. The summed E-state index contributed by atoms with van der Waals surface area (Å²) in [4.78, 5) is 0. The lowest BCUT2D eigenvalue weighted by Gasteiger charge is -2.10. The van der Waals surface area contributed by atoms with Crippen molar-refractivity contribution in [3.05, 3.63) is 26.7 Å². The molecule has 0 unspecified atom stereocenters. The number of hydrogen-bond donors (Lipinski definition) is 1. The first-order chi connectivity index (χ1) is 7.29. The van der Waals surface area contributed by atoms with Crippen LogP contribution >= 0.6 is 39.1 Å². The van der Waals surface area contributed by atoms with Crippen LogP contribution in [0, 0.1) is 0 Å². The van der Waals surface area contributed by atoms with Crippen LogP contribution in [-0.2, 0) is 9.84 Å². The smallest absolute Gasteiger partial charge is 0.149 e. The summed E-state index contributed by atoms with van der Waals surface area (Å²) < 4.78 is 22.6. The number of rotatable bonds is 4. The third kappa shape index (κ3) is 4.49. The Morgan fingerprint density at radius 3 is 2.25 bits per heavy atom. The highest BCUT2D eigenvalue weighted by molar-refractivity contribution is 9.10. The Hall–Kier alpha value is 0.0300. The van der Waals surface area contributed by atoms with Gasteiger partial charge in [-0.1, -0.05) is 39.1 Å². The summed E-state index contributed by atoms with van der Waals surface area (Å²) in [6.45, 7) is 0.278. The average Bonchev–Trinajstić information content (AvgIpc) is 2.07. The Morgan fingerprint density at radius 2 is 1.81 bits per heavy atom. The maximum atomic E-state index is 10.9. The molecule has 0 amide bonds. The maximum absolute atomic E-state index is 10.9. The van der Waals surface area contributed by atoms with E-state index in [1.54, 1.807) is 12.1 Å². The first kappa shape index (κ1) is 14.1. The van der Waals surface area contributed by atoms with Gasteiger partial charge in [0, 0.05) is 17.3 Å². The summed E-state index contributed by atoms with van der Waals surface area (Å²) in [5.74, 6) is 0.0374. The Morgan fingerprint density at radius 1 is 1.31 bits per heavy atom.